The maximum absolute atomic E-state index is 2.41. The third-order valence-corrected chi connectivity index (χ3v) is 7.97. The minimum absolute atomic E-state index is 1.19. The van der Waals surface area contributed by atoms with Crippen molar-refractivity contribution in [3.05, 3.63) is 152 Å². The summed E-state index contributed by atoms with van der Waals surface area (Å²) in [6, 6.07) is 55.0. The molecule has 182 valence electrons. The van der Waals surface area contributed by atoms with Gasteiger partial charge in [-0.05, 0) is 74.1 Å². The Kier molecular flexibility index (Phi) is 4.89. The molecule has 8 aromatic rings. The molecule has 0 aliphatic rings. The van der Waals surface area contributed by atoms with Crippen molar-refractivity contribution in [1.82, 2.24) is 4.57 Å². The van der Waals surface area contributed by atoms with E-state index in [0.29, 0.717) is 0 Å². The molecule has 1 heterocycles. The lowest BCUT2D eigenvalue weighted by Crippen LogP contribution is -1.93. The van der Waals surface area contributed by atoms with E-state index >= 15 is 0 Å². The minimum Gasteiger partial charge on any atom is -0.309 e. The van der Waals surface area contributed by atoms with E-state index < -0.39 is 0 Å². The van der Waals surface area contributed by atoms with E-state index in [1.165, 1.54) is 71.3 Å². The molecule has 8 rings (SSSR count). The van der Waals surface area contributed by atoms with E-state index in [9.17, 15) is 0 Å². The molecule has 0 atom stereocenters. The standard InChI is InChI=1S/C38H25N/c1-2-8-26(9-3-1)28-14-16-29(17-15-28)31-19-22-34-32(24-31)20-23-37-38(34)35-12-6-7-13-36(35)39(37)33-21-18-27-10-4-5-11-30(27)25-33/h1-25H. The van der Waals surface area contributed by atoms with Gasteiger partial charge in [-0.25, -0.2) is 0 Å². The van der Waals surface area contributed by atoms with Crippen molar-refractivity contribution in [3.63, 3.8) is 0 Å². The second-order valence-electron chi connectivity index (χ2n) is 10.2. The number of hydrogen-bond donors (Lipinski definition) is 0. The SMILES string of the molecule is c1ccc(-c2ccc(-c3ccc4c(ccc5c4c4ccccc4n5-c4ccc5ccccc5c4)c3)cc2)cc1. The lowest BCUT2D eigenvalue weighted by Gasteiger charge is -2.10. The highest BCUT2D eigenvalue weighted by Gasteiger charge is 2.15. The molecule has 0 N–H and O–H groups in total. The Balaban J connectivity index is 1.29. The number of rotatable bonds is 3. The van der Waals surface area contributed by atoms with Crippen LogP contribution in [0.5, 0.6) is 0 Å². The van der Waals surface area contributed by atoms with Gasteiger partial charge in [0.15, 0.2) is 0 Å². The predicted octanol–water partition coefficient (Wildman–Crippen LogP) is 10.4. The Morgan fingerprint density at radius 3 is 1.82 bits per heavy atom. The van der Waals surface area contributed by atoms with Crippen LogP contribution in [0.4, 0.5) is 0 Å². The molecular weight excluding hydrogens is 470 g/mol. The smallest absolute Gasteiger partial charge is 0.0547 e. The van der Waals surface area contributed by atoms with Gasteiger partial charge in [-0.3, -0.25) is 0 Å². The molecule has 39 heavy (non-hydrogen) atoms. The van der Waals surface area contributed by atoms with Crippen LogP contribution in [0.3, 0.4) is 0 Å². The van der Waals surface area contributed by atoms with Crippen molar-refractivity contribution in [2.45, 2.75) is 0 Å². The molecule has 1 heteroatoms. The maximum Gasteiger partial charge on any atom is 0.0547 e. The summed E-state index contributed by atoms with van der Waals surface area (Å²) in [5, 5.41) is 7.65. The minimum atomic E-state index is 1.19. The monoisotopic (exact) mass is 495 g/mol. The number of benzene rings is 7. The fourth-order valence-corrected chi connectivity index (χ4v) is 6.06. The van der Waals surface area contributed by atoms with Gasteiger partial charge < -0.3 is 4.57 Å². The highest BCUT2D eigenvalue weighted by Crippen LogP contribution is 2.38. The van der Waals surface area contributed by atoms with Crippen LogP contribution >= 0.6 is 0 Å². The molecule has 0 bridgehead atoms. The molecule has 7 aromatic carbocycles. The van der Waals surface area contributed by atoms with Gasteiger partial charge in [0.1, 0.15) is 0 Å². The van der Waals surface area contributed by atoms with Crippen LogP contribution in [0, 0.1) is 0 Å². The van der Waals surface area contributed by atoms with Crippen molar-refractivity contribution >= 4 is 43.4 Å². The van der Waals surface area contributed by atoms with E-state index in [1.807, 2.05) is 0 Å². The van der Waals surface area contributed by atoms with Gasteiger partial charge in [-0.2, -0.15) is 0 Å². The molecule has 0 radical (unpaired) electrons. The molecule has 0 aliphatic carbocycles. The summed E-state index contributed by atoms with van der Waals surface area (Å²) in [4.78, 5) is 0. The van der Waals surface area contributed by atoms with Crippen molar-refractivity contribution in [2.24, 2.45) is 0 Å². The van der Waals surface area contributed by atoms with Gasteiger partial charge in [0, 0.05) is 16.5 Å². The second-order valence-corrected chi connectivity index (χ2v) is 10.2. The summed E-state index contributed by atoms with van der Waals surface area (Å²) in [5.74, 6) is 0. The summed E-state index contributed by atoms with van der Waals surface area (Å²) in [6.45, 7) is 0. The summed E-state index contributed by atoms with van der Waals surface area (Å²) < 4.78 is 2.41. The lowest BCUT2D eigenvalue weighted by molar-refractivity contribution is 1.19. The molecule has 0 amide bonds. The summed E-state index contributed by atoms with van der Waals surface area (Å²) in [7, 11) is 0. The third-order valence-electron chi connectivity index (χ3n) is 7.97. The van der Waals surface area contributed by atoms with Crippen molar-refractivity contribution in [1.29, 1.82) is 0 Å². The average Bonchev–Trinajstić information content (AvgIpc) is 3.36. The van der Waals surface area contributed by atoms with E-state index in [2.05, 4.69) is 156 Å². The Bertz CT molecular complexity index is 2150. The quantitative estimate of drug-likeness (QED) is 0.230. The van der Waals surface area contributed by atoms with Crippen molar-refractivity contribution in [2.75, 3.05) is 0 Å². The fraction of sp³-hybridized carbons (Fsp3) is 0. The largest absolute Gasteiger partial charge is 0.309 e. The van der Waals surface area contributed by atoms with Gasteiger partial charge in [-0.15, -0.1) is 0 Å². The normalized spacial score (nSPS) is 11.6. The van der Waals surface area contributed by atoms with Crippen LogP contribution < -0.4 is 0 Å². The molecule has 1 nitrogen and oxygen atoms in total. The first kappa shape index (κ1) is 21.9. The van der Waals surface area contributed by atoms with E-state index in [4.69, 9.17) is 0 Å². The molecule has 0 unspecified atom stereocenters. The summed E-state index contributed by atoms with van der Waals surface area (Å²) >= 11 is 0. The van der Waals surface area contributed by atoms with Crippen LogP contribution in [-0.4, -0.2) is 4.57 Å². The summed E-state index contributed by atoms with van der Waals surface area (Å²) in [5.41, 5.74) is 8.61. The Labute approximate surface area is 227 Å². The first-order chi connectivity index (χ1) is 19.3. The van der Waals surface area contributed by atoms with Crippen LogP contribution in [0.15, 0.2) is 152 Å². The highest BCUT2D eigenvalue weighted by atomic mass is 15.0. The van der Waals surface area contributed by atoms with Gasteiger partial charge in [0.25, 0.3) is 0 Å². The molecule has 0 fully saturated rings. The molecule has 0 aliphatic heterocycles. The number of para-hydroxylation sites is 1. The first-order valence-electron chi connectivity index (χ1n) is 13.4. The maximum atomic E-state index is 2.41. The Morgan fingerprint density at radius 2 is 0.974 bits per heavy atom. The van der Waals surface area contributed by atoms with E-state index in [1.54, 1.807) is 0 Å². The fourth-order valence-electron chi connectivity index (χ4n) is 6.06. The number of fused-ring (bicyclic) bond motifs is 6. The zero-order valence-corrected chi connectivity index (χ0v) is 21.4. The van der Waals surface area contributed by atoms with Gasteiger partial charge in [-0.1, -0.05) is 121 Å². The molecule has 1 aromatic heterocycles. The average molecular weight is 496 g/mol. The van der Waals surface area contributed by atoms with Crippen LogP contribution in [-0.2, 0) is 0 Å². The molecule has 0 saturated carbocycles. The molecule has 0 spiro atoms. The third kappa shape index (κ3) is 3.55. The van der Waals surface area contributed by atoms with Crippen LogP contribution in [0.25, 0.3) is 71.3 Å². The van der Waals surface area contributed by atoms with E-state index in [-0.39, 0.29) is 0 Å². The zero-order valence-electron chi connectivity index (χ0n) is 21.4. The van der Waals surface area contributed by atoms with Gasteiger partial charge in [0.05, 0.1) is 11.0 Å². The number of nitrogens with zero attached hydrogens (tertiary/aromatic N) is 1. The highest BCUT2D eigenvalue weighted by molar-refractivity contribution is 6.21. The molecular formula is C38H25N. The number of hydrogen-bond acceptors (Lipinski definition) is 0. The van der Waals surface area contributed by atoms with Crippen molar-refractivity contribution < 1.29 is 0 Å². The van der Waals surface area contributed by atoms with Crippen LogP contribution in [0.1, 0.15) is 0 Å². The topological polar surface area (TPSA) is 4.93 Å². The molecule has 0 saturated heterocycles. The lowest BCUT2D eigenvalue weighted by atomic mass is 9.97. The Hall–Kier alpha value is -5.14. The number of aromatic nitrogens is 1. The second kappa shape index (κ2) is 8.72. The van der Waals surface area contributed by atoms with Crippen molar-refractivity contribution in [3.8, 4) is 27.9 Å². The predicted molar refractivity (Wildman–Crippen MR) is 167 cm³/mol. The van der Waals surface area contributed by atoms with E-state index in [0.717, 1.165) is 0 Å². The summed E-state index contributed by atoms with van der Waals surface area (Å²) in [6.07, 6.45) is 0. The Morgan fingerprint density at radius 1 is 0.333 bits per heavy atom. The van der Waals surface area contributed by atoms with Gasteiger partial charge in [0.2, 0.25) is 0 Å². The zero-order chi connectivity index (χ0) is 25.8. The first-order valence-corrected chi connectivity index (χ1v) is 13.4. The van der Waals surface area contributed by atoms with Gasteiger partial charge >= 0.3 is 0 Å². The van der Waals surface area contributed by atoms with Crippen LogP contribution in [0.2, 0.25) is 0 Å².